The van der Waals surface area contributed by atoms with Gasteiger partial charge < -0.3 is 34.3 Å². The number of nitrogens with one attached hydrogen (secondary N) is 2. The van der Waals surface area contributed by atoms with E-state index in [1.54, 1.807) is 25.4 Å². The number of benzene rings is 2. The highest BCUT2D eigenvalue weighted by Crippen LogP contribution is 2.42. The maximum absolute atomic E-state index is 14.7. The number of alkyl halides is 2. The summed E-state index contributed by atoms with van der Waals surface area (Å²) in [6.07, 6.45) is 3.39. The fourth-order valence-corrected chi connectivity index (χ4v) is 10.3. The molecule has 4 amide bonds. The van der Waals surface area contributed by atoms with Crippen molar-refractivity contribution in [1.82, 2.24) is 35.1 Å². The first kappa shape index (κ1) is 50.3. The Bertz CT molecular complexity index is 2550. The largest absolute Gasteiger partial charge is 0.508 e. The van der Waals surface area contributed by atoms with Gasteiger partial charge in [0.05, 0.1) is 35.9 Å². The van der Waals surface area contributed by atoms with Crippen molar-refractivity contribution in [2.45, 2.75) is 104 Å². The molecule has 6 bridgehead atoms. The molecular weight excluding hydrogens is 893 g/mol. The molecule has 68 heavy (non-hydrogen) atoms. The van der Waals surface area contributed by atoms with Crippen LogP contribution < -0.4 is 10.7 Å². The third-order valence-electron chi connectivity index (χ3n) is 13.7. The maximum atomic E-state index is 14.7. The van der Waals surface area contributed by atoms with Crippen LogP contribution in [0.2, 0.25) is 0 Å². The molecule has 15 nitrogen and oxygen atoms in total. The van der Waals surface area contributed by atoms with Crippen molar-refractivity contribution >= 4 is 52.1 Å². The molecule has 2 aromatic heterocycles. The number of ether oxygens (including phenoxy) is 2. The third-order valence-corrected chi connectivity index (χ3v) is 13.9. The van der Waals surface area contributed by atoms with Crippen molar-refractivity contribution in [1.29, 1.82) is 0 Å². The second kappa shape index (κ2) is 21.0. The Morgan fingerprint density at radius 1 is 1.09 bits per heavy atom. The lowest BCUT2D eigenvalue weighted by atomic mass is 9.84. The van der Waals surface area contributed by atoms with E-state index in [0.29, 0.717) is 44.3 Å². The SMILES string of the molecule is CCn1c(-c2cccnc2[C@H](C)OC)c2c3cc(ccc31)-c1cc(O)cc(c1)C[C@H](CNC(=O)[C@H](C(C)C)N(C)C(=O)[C@H]1CCN(C(=O)[C@@H](F)Cl)C1)C(=O)N1CCC[C@H](N1)C(=O)OCC(C)(C)C2. The number of hydrogen-bond acceptors (Lipinski definition) is 10. The number of hydrogen-bond donors (Lipinski definition) is 3. The van der Waals surface area contributed by atoms with Gasteiger partial charge in [-0.1, -0.05) is 51.4 Å². The van der Waals surface area contributed by atoms with Crippen LogP contribution in [0.5, 0.6) is 5.75 Å². The summed E-state index contributed by atoms with van der Waals surface area (Å²) in [5, 5.41) is 16.7. The first-order valence-corrected chi connectivity index (χ1v) is 24.1. The molecule has 0 radical (unpaired) electrons. The van der Waals surface area contributed by atoms with Gasteiger partial charge in [0.1, 0.15) is 17.8 Å². The number of aromatic nitrogens is 2. The average molecular weight is 959 g/mol. The van der Waals surface area contributed by atoms with Crippen molar-refractivity contribution in [3.63, 3.8) is 0 Å². The summed E-state index contributed by atoms with van der Waals surface area (Å²) >= 11 is 5.40. The summed E-state index contributed by atoms with van der Waals surface area (Å²) in [6.45, 7) is 12.9. The second-order valence-corrected chi connectivity index (χ2v) is 20.0. The van der Waals surface area contributed by atoms with E-state index in [-0.39, 0.29) is 62.2 Å². The highest BCUT2D eigenvalue weighted by molar-refractivity contribution is 6.29. The summed E-state index contributed by atoms with van der Waals surface area (Å²) in [4.78, 5) is 76.1. The van der Waals surface area contributed by atoms with Crippen LogP contribution in [0, 0.1) is 23.2 Å². The second-order valence-electron chi connectivity index (χ2n) is 19.6. The number of rotatable bonds is 11. The number of likely N-dealkylation sites (N-methyl/N-ethyl adjacent to an activating group) is 1. The molecule has 0 unspecified atom stereocenters. The molecule has 3 aliphatic rings. The monoisotopic (exact) mass is 957 g/mol. The lowest BCUT2D eigenvalue weighted by Gasteiger charge is -2.36. The summed E-state index contributed by atoms with van der Waals surface area (Å²) < 4.78 is 27.8. The van der Waals surface area contributed by atoms with Crippen molar-refractivity contribution in [2.24, 2.45) is 23.2 Å². The number of cyclic esters (lactones) is 1. The summed E-state index contributed by atoms with van der Waals surface area (Å²) in [6, 6.07) is 13.7. The smallest absolute Gasteiger partial charge is 0.324 e. The molecule has 0 saturated carbocycles. The Balaban J connectivity index is 1.26. The predicted octanol–water partition coefficient (Wildman–Crippen LogP) is 6.57. The summed E-state index contributed by atoms with van der Waals surface area (Å²) in [5.41, 5.74) is 7.40. The minimum Gasteiger partial charge on any atom is -0.508 e. The lowest BCUT2D eigenvalue weighted by molar-refractivity contribution is -0.155. The van der Waals surface area contributed by atoms with Crippen LogP contribution in [0.1, 0.15) is 83.7 Å². The van der Waals surface area contributed by atoms with Gasteiger partial charge in [-0.25, -0.2) is 9.82 Å². The zero-order valence-electron chi connectivity index (χ0n) is 40.3. The number of phenols is 1. The molecule has 2 aromatic carbocycles. The van der Waals surface area contributed by atoms with Crippen LogP contribution in [0.15, 0.2) is 54.7 Å². The molecule has 17 heteroatoms. The molecule has 366 valence electrons. The van der Waals surface area contributed by atoms with Crippen molar-refractivity contribution in [3.8, 4) is 28.1 Å². The number of halogens is 2. The van der Waals surface area contributed by atoms with Crippen LogP contribution in [-0.4, -0.2) is 124 Å². The molecule has 2 saturated heterocycles. The van der Waals surface area contributed by atoms with Gasteiger partial charge >= 0.3 is 5.97 Å². The zero-order chi connectivity index (χ0) is 49.2. The van der Waals surface area contributed by atoms with Crippen LogP contribution in [0.4, 0.5) is 4.39 Å². The molecule has 3 N–H and O–H groups in total. The van der Waals surface area contributed by atoms with Gasteiger partial charge in [0.15, 0.2) is 0 Å². The lowest BCUT2D eigenvalue weighted by Crippen LogP contribution is -2.58. The Kier molecular flexibility index (Phi) is 15.5. The molecule has 3 aliphatic heterocycles. The van der Waals surface area contributed by atoms with Gasteiger partial charge in [0.2, 0.25) is 17.7 Å². The number of phenolic OH excluding ortho intramolecular Hbond substituents is 1. The Morgan fingerprint density at radius 2 is 1.85 bits per heavy atom. The fourth-order valence-electron chi connectivity index (χ4n) is 10.2. The van der Waals surface area contributed by atoms with Gasteiger partial charge in [0.25, 0.3) is 11.5 Å². The van der Waals surface area contributed by atoms with E-state index < -0.39 is 52.7 Å². The normalized spacial score (nSPS) is 21.2. The van der Waals surface area contributed by atoms with Crippen LogP contribution >= 0.6 is 11.6 Å². The van der Waals surface area contributed by atoms with E-state index in [4.69, 9.17) is 26.1 Å². The minimum atomic E-state index is -2.21. The summed E-state index contributed by atoms with van der Waals surface area (Å²) in [5.74, 6) is -4.45. The molecule has 2 fully saturated rings. The Hall–Kier alpha value is -5.58. The van der Waals surface area contributed by atoms with E-state index in [1.165, 1.54) is 21.9 Å². The highest BCUT2D eigenvalue weighted by Gasteiger charge is 2.40. The van der Waals surface area contributed by atoms with Crippen molar-refractivity contribution in [2.75, 3.05) is 46.9 Å². The van der Waals surface area contributed by atoms with Gasteiger partial charge in [-0.3, -0.25) is 34.0 Å². The zero-order valence-corrected chi connectivity index (χ0v) is 41.1. The number of nitrogens with zero attached hydrogens (tertiary/aromatic N) is 5. The first-order chi connectivity index (χ1) is 32.3. The van der Waals surface area contributed by atoms with Gasteiger partial charge in [-0.15, -0.1) is 0 Å². The van der Waals surface area contributed by atoms with Crippen LogP contribution in [0.3, 0.4) is 0 Å². The van der Waals surface area contributed by atoms with Gasteiger partial charge in [-0.05, 0) is 111 Å². The number of hydrazine groups is 1. The van der Waals surface area contributed by atoms with Gasteiger partial charge in [-0.2, -0.15) is 0 Å². The van der Waals surface area contributed by atoms with E-state index in [2.05, 4.69) is 54.3 Å². The molecule has 7 rings (SSSR count). The van der Waals surface area contributed by atoms with E-state index >= 15 is 0 Å². The van der Waals surface area contributed by atoms with E-state index in [0.717, 1.165) is 44.5 Å². The predicted molar refractivity (Wildman–Crippen MR) is 257 cm³/mol. The van der Waals surface area contributed by atoms with Crippen LogP contribution in [0.25, 0.3) is 33.3 Å². The number of carbonyl (C=O) groups excluding carboxylic acids is 5. The number of fused-ring (bicyclic) bond motifs is 6. The number of aryl methyl sites for hydroxylation is 1. The van der Waals surface area contributed by atoms with Crippen molar-refractivity contribution < 1.29 is 42.9 Å². The number of methoxy groups -OCH3 is 1. The average Bonchev–Trinajstić information content (AvgIpc) is 3.93. The molecule has 0 aliphatic carbocycles. The number of likely N-dealkylation sites (tertiary alicyclic amines) is 1. The number of pyridine rings is 1. The standard InChI is InChI=1S/C51H65ClFN7O8/c1-9-59-41-15-14-32-24-38(41)39(44(59)37-12-10-17-54-42(37)30(4)67-8)25-51(5,6)28-68-50(66)40-13-11-18-60(56-40)48(64)35(21-31-20-34(32)23-36(61)22-31)26-55-46(62)43(29(2)3)57(7)47(63)33-16-19-58(27-33)49(65)45(52)53/h10,12,14-15,17,20,22-24,29-30,33,35,40,43,45,56,61H,9,11,13,16,18-19,21,25-28H2,1-8H3,(H,55,62)/t30-,33-,35+,40-,43-,45+/m0/s1. The van der Waals surface area contributed by atoms with E-state index in [1.807, 2.05) is 39.0 Å². The molecular formula is C51H65ClFN7O8. The third kappa shape index (κ3) is 10.7. The number of amides is 4. The summed E-state index contributed by atoms with van der Waals surface area (Å²) in [7, 11) is 3.19. The number of esters is 1. The molecule has 0 spiro atoms. The van der Waals surface area contributed by atoms with E-state index in [9.17, 15) is 33.5 Å². The molecule has 6 atom stereocenters. The van der Waals surface area contributed by atoms with Crippen LogP contribution in [-0.2, 0) is 52.8 Å². The highest BCUT2D eigenvalue weighted by atomic mass is 35.5. The van der Waals surface area contributed by atoms with Gasteiger partial charge in [0, 0.05) is 75.0 Å². The molecule has 5 heterocycles. The first-order valence-electron chi connectivity index (χ1n) is 23.6. The topological polar surface area (TPSA) is 176 Å². The number of carbonyl (C=O) groups is 5. The maximum Gasteiger partial charge on any atom is 0.324 e. The Labute approximate surface area is 402 Å². The Morgan fingerprint density at radius 3 is 2.56 bits per heavy atom. The van der Waals surface area contributed by atoms with Crippen molar-refractivity contribution in [3.05, 3.63) is 71.5 Å². The number of aromatic hydroxyl groups is 1. The molecule has 4 aromatic rings. The minimum absolute atomic E-state index is 0.00291. The fraction of sp³-hybridized carbons (Fsp3) is 0.529. The quantitative estimate of drug-likeness (QED) is 0.110.